The number of aliphatic imine (C=N–C) groups is 1. The molecule has 446 valence electrons. The maximum absolute atomic E-state index is 14.0. The SMILES string of the molecule is C[C@H](NC(=O)[C@H](CC(=O)O)NC(=O)[C@H](CS)NC(=O)[C@@H](N)CCCCN=[N+]=[N-])C(=O)NCC(=O)N[C@@H](CCCN=C(N)N)C(=O)N[C@@H](CCCCN)C(=O)N[C@@H](CCC(N)=O)C(=O)N[C@@H](CCCCN)C(=O)N[C@@H](CS)C(=O)O. The van der Waals surface area contributed by atoms with Gasteiger partial charge in [-0.25, -0.2) is 4.79 Å². The first-order valence-electron chi connectivity index (χ1n) is 25.2. The Kier molecular flexibility index (Phi) is 37.2. The zero-order valence-electron chi connectivity index (χ0n) is 44.0. The molecule has 0 aliphatic rings. The number of unbranched alkanes of at least 4 members (excludes halogenated alkanes) is 3. The summed E-state index contributed by atoms with van der Waals surface area (Å²) in [7, 11) is 0. The van der Waals surface area contributed by atoms with E-state index in [1.165, 1.54) is 6.92 Å². The second-order valence-corrected chi connectivity index (χ2v) is 18.5. The van der Waals surface area contributed by atoms with Gasteiger partial charge in [0.2, 0.25) is 59.1 Å². The Bertz CT molecular complexity index is 2140. The number of azide groups is 1. The molecule has 0 aromatic heterocycles. The molecule has 35 heteroatoms. The van der Waals surface area contributed by atoms with Crippen molar-refractivity contribution in [3.8, 4) is 0 Å². The van der Waals surface area contributed by atoms with Gasteiger partial charge in [-0.3, -0.25) is 57.7 Å². The number of nitrogens with one attached hydrogen (secondary N) is 9. The van der Waals surface area contributed by atoms with Crippen LogP contribution in [0.2, 0.25) is 0 Å². The van der Waals surface area contributed by atoms with Gasteiger partial charge < -0.3 is 92.5 Å². The van der Waals surface area contributed by atoms with Crippen molar-refractivity contribution < 1.29 is 67.7 Å². The lowest BCUT2D eigenvalue weighted by Gasteiger charge is -2.27. The summed E-state index contributed by atoms with van der Waals surface area (Å²) in [6.07, 6.45) is 0.492. The monoisotopic (exact) mass is 1160 g/mol. The number of carbonyl (C=O) groups is 12. The van der Waals surface area contributed by atoms with Gasteiger partial charge in [0.25, 0.3) is 0 Å². The summed E-state index contributed by atoms with van der Waals surface area (Å²) >= 11 is 8.01. The Hall–Kier alpha value is -7.20. The minimum Gasteiger partial charge on any atom is -0.481 e. The van der Waals surface area contributed by atoms with Gasteiger partial charge >= 0.3 is 11.9 Å². The molecule has 0 saturated carbocycles. The maximum Gasteiger partial charge on any atom is 0.327 e. The molecule has 23 N–H and O–H groups in total. The molecule has 0 rings (SSSR count). The smallest absolute Gasteiger partial charge is 0.327 e. The molecule has 0 aliphatic heterocycles. The van der Waals surface area contributed by atoms with E-state index in [-0.39, 0.29) is 88.6 Å². The second kappa shape index (κ2) is 40.9. The van der Waals surface area contributed by atoms with Crippen LogP contribution in [0.1, 0.15) is 96.8 Å². The Morgan fingerprint density at radius 3 is 1.44 bits per heavy atom. The van der Waals surface area contributed by atoms with Crippen LogP contribution in [-0.4, -0.2) is 186 Å². The van der Waals surface area contributed by atoms with Crippen molar-refractivity contribution in [1.29, 1.82) is 0 Å². The van der Waals surface area contributed by atoms with Crippen molar-refractivity contribution >= 4 is 102 Å². The fourth-order valence-electron chi connectivity index (χ4n) is 6.92. The summed E-state index contributed by atoms with van der Waals surface area (Å²) in [6.45, 7) is 0.956. The predicted octanol–water partition coefficient (Wildman–Crippen LogP) is -6.20. The molecule has 0 aromatic carbocycles. The first-order valence-corrected chi connectivity index (χ1v) is 26.5. The third kappa shape index (κ3) is 31.7. The van der Waals surface area contributed by atoms with E-state index in [1.54, 1.807) is 0 Å². The molecule has 0 unspecified atom stereocenters. The summed E-state index contributed by atoms with van der Waals surface area (Å²) in [5.74, 6) is -13.2. The average molecular weight is 1160 g/mol. The molecule has 0 radical (unpaired) electrons. The maximum atomic E-state index is 14.0. The van der Waals surface area contributed by atoms with E-state index in [0.717, 1.165) is 0 Å². The van der Waals surface area contributed by atoms with Crippen molar-refractivity contribution in [2.24, 2.45) is 44.5 Å². The zero-order valence-corrected chi connectivity index (χ0v) is 45.8. The number of hydrogen-bond acceptors (Lipinski definition) is 19. The highest BCUT2D eigenvalue weighted by molar-refractivity contribution is 7.80. The standard InChI is InChI=1S/C44H79N19O14S2/c1-23(55-41(74)29(19-34(66)67)60-42(75)30(21-78)61-36(69)24(47)9-4-7-18-54-63-51)35(68)53-20-33(65)56-25(12-8-17-52-44(49)50)37(70)57-26(10-2-5-15-45)38(71)59-28(13-14-32(48)64)40(73)58-27(11-3-6-16-46)39(72)62-31(22-79)43(76)77/h23-31,78-79H,2-22,45-47H2,1H3,(H2,48,64)(H,53,68)(H,55,74)(H,56,65)(H,57,70)(H,58,73)(H,59,71)(H,60,75)(H,61,69)(H,62,72)(H,66,67)(H,76,77)(H4,49,50,52)/t23-,24-,25-,26-,27-,28-,29-,30-,31-/m0/s1. The van der Waals surface area contributed by atoms with E-state index in [1.807, 2.05) is 0 Å². The lowest BCUT2D eigenvalue weighted by atomic mass is 10.0. The van der Waals surface area contributed by atoms with E-state index < -0.39 is 145 Å². The Balaban J connectivity index is 6.30. The van der Waals surface area contributed by atoms with Crippen LogP contribution >= 0.6 is 25.3 Å². The van der Waals surface area contributed by atoms with Crippen LogP contribution in [-0.2, 0) is 57.5 Å². The fraction of sp³-hybridized carbons (Fsp3) is 0.705. The molecule has 79 heavy (non-hydrogen) atoms. The molecule has 10 amide bonds. The van der Waals surface area contributed by atoms with Crippen LogP contribution < -0.4 is 82.3 Å². The van der Waals surface area contributed by atoms with Crippen molar-refractivity contribution in [3.05, 3.63) is 10.4 Å². The second-order valence-electron chi connectivity index (χ2n) is 17.8. The van der Waals surface area contributed by atoms with Gasteiger partial charge in [-0.05, 0) is 96.2 Å². The third-order valence-corrected chi connectivity index (χ3v) is 12.0. The number of carboxylic acid groups (broad SMARTS) is 2. The number of carboxylic acids is 2. The highest BCUT2D eigenvalue weighted by Crippen LogP contribution is 2.10. The van der Waals surface area contributed by atoms with Crippen LogP contribution in [0.4, 0.5) is 0 Å². The van der Waals surface area contributed by atoms with Gasteiger partial charge in [0, 0.05) is 35.9 Å². The Labute approximate surface area is 466 Å². The van der Waals surface area contributed by atoms with Gasteiger partial charge in [0.05, 0.1) is 19.0 Å². The van der Waals surface area contributed by atoms with Crippen LogP contribution in [0.3, 0.4) is 0 Å². The largest absolute Gasteiger partial charge is 0.481 e. The topological polar surface area (TPSA) is 571 Å². The highest BCUT2D eigenvalue weighted by atomic mass is 32.1. The number of thiol groups is 2. The van der Waals surface area contributed by atoms with Crippen LogP contribution in [0.15, 0.2) is 10.1 Å². The van der Waals surface area contributed by atoms with E-state index in [9.17, 15) is 67.7 Å². The molecule has 0 heterocycles. The third-order valence-electron chi connectivity index (χ3n) is 11.3. The number of guanidine groups is 1. The molecule has 0 spiro atoms. The van der Waals surface area contributed by atoms with Crippen LogP contribution in [0, 0.1) is 0 Å². The van der Waals surface area contributed by atoms with Gasteiger partial charge in [0.15, 0.2) is 5.96 Å². The number of carbonyl (C=O) groups excluding carboxylic acids is 10. The number of amides is 10. The molecule has 0 fully saturated rings. The number of aliphatic carboxylic acids is 2. The summed E-state index contributed by atoms with van der Waals surface area (Å²) in [5.41, 5.74) is 41.8. The minimum absolute atomic E-state index is 0.00168. The van der Waals surface area contributed by atoms with Gasteiger partial charge in [-0.2, -0.15) is 25.3 Å². The van der Waals surface area contributed by atoms with E-state index >= 15 is 0 Å². The number of nitrogens with zero attached hydrogens (tertiary/aromatic N) is 4. The lowest BCUT2D eigenvalue weighted by Crippen LogP contribution is -2.59. The Morgan fingerprint density at radius 1 is 0.532 bits per heavy atom. The number of rotatable bonds is 43. The van der Waals surface area contributed by atoms with Crippen LogP contribution in [0.5, 0.6) is 0 Å². The molecule has 0 aliphatic carbocycles. The highest BCUT2D eigenvalue weighted by Gasteiger charge is 2.34. The summed E-state index contributed by atoms with van der Waals surface area (Å²) in [5, 5.41) is 43.7. The molecular weight excluding hydrogens is 1080 g/mol. The fourth-order valence-corrected chi connectivity index (χ4v) is 7.43. The van der Waals surface area contributed by atoms with Crippen LogP contribution in [0.25, 0.3) is 10.4 Å². The van der Waals surface area contributed by atoms with Gasteiger partial charge in [-0.1, -0.05) is 11.5 Å². The Morgan fingerprint density at radius 2 is 0.975 bits per heavy atom. The van der Waals surface area contributed by atoms with Crippen molar-refractivity contribution in [2.75, 3.05) is 44.2 Å². The first kappa shape index (κ1) is 71.8. The molecule has 33 nitrogen and oxygen atoms in total. The van der Waals surface area contributed by atoms with Crippen molar-refractivity contribution in [1.82, 2.24) is 47.9 Å². The summed E-state index contributed by atoms with van der Waals surface area (Å²) in [4.78, 5) is 162. The minimum atomic E-state index is -1.78. The number of primary amides is 1. The van der Waals surface area contributed by atoms with Crippen molar-refractivity contribution in [3.63, 3.8) is 0 Å². The molecule has 0 saturated heterocycles. The molecule has 0 aromatic rings. The van der Waals surface area contributed by atoms with E-state index in [0.29, 0.717) is 32.1 Å². The molecule has 9 atom stereocenters. The number of nitrogens with two attached hydrogens (primary N) is 6. The normalized spacial score (nSPS) is 14.2. The predicted molar refractivity (Wildman–Crippen MR) is 292 cm³/mol. The van der Waals surface area contributed by atoms with E-state index in [2.05, 4.69) is 88.1 Å². The van der Waals surface area contributed by atoms with E-state index in [4.69, 9.17) is 39.9 Å². The van der Waals surface area contributed by atoms with Gasteiger partial charge in [-0.15, -0.1) is 0 Å². The summed E-state index contributed by atoms with van der Waals surface area (Å²) in [6, 6.07) is -12.8. The quantitative estimate of drug-likeness (QED) is 0.00514. The molecular formula is C44H79N19O14S2. The lowest BCUT2D eigenvalue weighted by molar-refractivity contribution is -0.142. The number of hydrogen-bond donors (Lipinski definition) is 19. The zero-order chi connectivity index (χ0) is 60.0. The van der Waals surface area contributed by atoms with Gasteiger partial charge in [0.1, 0.15) is 48.3 Å². The average Bonchev–Trinajstić information content (AvgIpc) is 3.38. The first-order chi connectivity index (χ1) is 37.3. The van der Waals surface area contributed by atoms with Crippen molar-refractivity contribution in [2.45, 2.75) is 151 Å². The summed E-state index contributed by atoms with van der Waals surface area (Å²) < 4.78 is 0. The molecule has 0 bridgehead atoms.